The molecule has 0 amide bonds. The second kappa shape index (κ2) is 7.86. The van der Waals surface area contributed by atoms with Crippen LogP contribution in [0, 0.1) is 0 Å². The van der Waals surface area contributed by atoms with Crippen LogP contribution in [0.5, 0.6) is 0 Å². The van der Waals surface area contributed by atoms with Crippen molar-refractivity contribution in [1.82, 2.24) is 4.90 Å². The van der Waals surface area contributed by atoms with E-state index in [0.717, 1.165) is 19.6 Å². The molecule has 0 aliphatic carbocycles. The maximum Gasteiger partial charge on any atom is 0.0237 e. The van der Waals surface area contributed by atoms with Crippen molar-refractivity contribution < 1.29 is 0 Å². The van der Waals surface area contributed by atoms with Crippen LogP contribution in [0.1, 0.15) is 25.8 Å². The Balaban J connectivity index is 2.57. The fourth-order valence-electron chi connectivity index (χ4n) is 1.95. The summed E-state index contributed by atoms with van der Waals surface area (Å²) in [5.41, 5.74) is 2.55. The van der Waals surface area contributed by atoms with E-state index in [1.807, 2.05) is 6.92 Å². The first-order valence-electron chi connectivity index (χ1n) is 6.33. The summed E-state index contributed by atoms with van der Waals surface area (Å²) in [6, 6.07) is 10.6. The zero-order valence-corrected chi connectivity index (χ0v) is 11.0. The van der Waals surface area contributed by atoms with E-state index in [0.29, 0.717) is 0 Å². The first-order valence-corrected chi connectivity index (χ1v) is 6.33. The highest BCUT2D eigenvalue weighted by Crippen LogP contribution is 2.07. The molecule has 1 heteroatoms. The molecule has 0 saturated heterocycles. The Bertz CT molecular complexity index is 351. The largest absolute Gasteiger partial charge is 0.295 e. The third kappa shape index (κ3) is 5.50. The first-order chi connectivity index (χ1) is 8.26. The van der Waals surface area contributed by atoms with Crippen LogP contribution in [-0.4, -0.2) is 18.0 Å². The van der Waals surface area contributed by atoms with Crippen molar-refractivity contribution in [3.05, 3.63) is 60.2 Å². The van der Waals surface area contributed by atoms with Gasteiger partial charge in [-0.2, -0.15) is 0 Å². The van der Waals surface area contributed by atoms with Crippen LogP contribution in [0.25, 0.3) is 0 Å². The topological polar surface area (TPSA) is 3.24 Å². The van der Waals surface area contributed by atoms with Gasteiger partial charge >= 0.3 is 0 Å². The van der Waals surface area contributed by atoms with Crippen LogP contribution in [0.2, 0.25) is 0 Å². The number of nitrogens with zero attached hydrogens (tertiary/aromatic N) is 1. The summed E-state index contributed by atoms with van der Waals surface area (Å²) in [4.78, 5) is 2.44. The van der Waals surface area contributed by atoms with Gasteiger partial charge in [0.05, 0.1) is 0 Å². The third-order valence-corrected chi connectivity index (χ3v) is 2.62. The zero-order chi connectivity index (χ0) is 12.5. The van der Waals surface area contributed by atoms with Crippen molar-refractivity contribution >= 4 is 0 Å². The highest BCUT2D eigenvalue weighted by Gasteiger charge is 2.05. The minimum absolute atomic E-state index is 0.951. The second-order valence-electron chi connectivity index (χ2n) is 4.35. The Morgan fingerprint density at radius 2 is 2.00 bits per heavy atom. The Kier molecular flexibility index (Phi) is 6.34. The summed E-state index contributed by atoms with van der Waals surface area (Å²) in [5, 5.41) is 0. The smallest absolute Gasteiger partial charge is 0.0237 e. The van der Waals surface area contributed by atoms with E-state index >= 15 is 0 Å². The molecule has 0 radical (unpaired) electrons. The molecule has 0 heterocycles. The van der Waals surface area contributed by atoms with Crippen LogP contribution < -0.4 is 0 Å². The monoisotopic (exact) mass is 229 g/mol. The van der Waals surface area contributed by atoms with E-state index in [9.17, 15) is 0 Å². The van der Waals surface area contributed by atoms with Gasteiger partial charge in [0.2, 0.25) is 0 Å². The summed E-state index contributed by atoms with van der Waals surface area (Å²) in [7, 11) is 0. The molecular weight excluding hydrogens is 206 g/mol. The standard InChI is InChI=1S/C16H23N/c1-4-9-15(3)13-17(12-5-2)14-16-10-7-6-8-11-16/h4,6-11H,3,5,12-14H2,1-2H3. The van der Waals surface area contributed by atoms with E-state index in [2.05, 4.69) is 60.9 Å². The molecule has 17 heavy (non-hydrogen) atoms. The van der Waals surface area contributed by atoms with Crippen molar-refractivity contribution in [3.63, 3.8) is 0 Å². The maximum atomic E-state index is 4.08. The molecule has 1 aromatic rings. The van der Waals surface area contributed by atoms with Gasteiger partial charge in [-0.3, -0.25) is 4.90 Å². The SMILES string of the molecule is C=C(C=CC)CN(CCC)Cc1ccccc1. The Morgan fingerprint density at radius 1 is 1.29 bits per heavy atom. The molecule has 0 spiro atoms. The summed E-state index contributed by atoms with van der Waals surface area (Å²) < 4.78 is 0. The minimum atomic E-state index is 0.951. The lowest BCUT2D eigenvalue weighted by Crippen LogP contribution is -2.25. The van der Waals surface area contributed by atoms with E-state index in [4.69, 9.17) is 0 Å². The average Bonchev–Trinajstić information content (AvgIpc) is 2.31. The van der Waals surface area contributed by atoms with Crippen molar-refractivity contribution in [2.75, 3.05) is 13.1 Å². The van der Waals surface area contributed by atoms with Gasteiger partial charge in [0.1, 0.15) is 0 Å². The fraction of sp³-hybridized carbons (Fsp3) is 0.375. The number of rotatable bonds is 7. The van der Waals surface area contributed by atoms with Gasteiger partial charge in [-0.25, -0.2) is 0 Å². The fourth-order valence-corrected chi connectivity index (χ4v) is 1.95. The molecule has 1 aromatic carbocycles. The lowest BCUT2D eigenvalue weighted by atomic mass is 10.2. The molecule has 0 bridgehead atoms. The summed E-state index contributed by atoms with van der Waals surface area (Å²) >= 11 is 0. The van der Waals surface area contributed by atoms with E-state index in [1.165, 1.54) is 17.6 Å². The van der Waals surface area contributed by atoms with Gasteiger partial charge in [0.25, 0.3) is 0 Å². The summed E-state index contributed by atoms with van der Waals surface area (Å²) in [6.07, 6.45) is 5.32. The second-order valence-corrected chi connectivity index (χ2v) is 4.35. The first kappa shape index (κ1) is 13.7. The van der Waals surface area contributed by atoms with E-state index in [-0.39, 0.29) is 0 Å². The highest BCUT2D eigenvalue weighted by molar-refractivity contribution is 5.18. The van der Waals surface area contributed by atoms with Gasteiger partial charge in [0.15, 0.2) is 0 Å². The molecular formula is C16H23N. The predicted molar refractivity (Wildman–Crippen MR) is 76.0 cm³/mol. The van der Waals surface area contributed by atoms with Gasteiger partial charge in [-0.15, -0.1) is 0 Å². The molecule has 1 rings (SSSR count). The van der Waals surface area contributed by atoms with E-state index in [1.54, 1.807) is 0 Å². The number of allylic oxidation sites excluding steroid dienone is 1. The molecule has 0 aliphatic heterocycles. The lowest BCUT2D eigenvalue weighted by Gasteiger charge is -2.22. The molecule has 0 N–H and O–H groups in total. The Morgan fingerprint density at radius 3 is 2.59 bits per heavy atom. The molecule has 0 aliphatic rings. The van der Waals surface area contributed by atoms with Gasteiger partial charge in [-0.05, 0) is 31.0 Å². The van der Waals surface area contributed by atoms with Gasteiger partial charge in [0, 0.05) is 13.1 Å². The average molecular weight is 229 g/mol. The highest BCUT2D eigenvalue weighted by atomic mass is 15.1. The minimum Gasteiger partial charge on any atom is -0.295 e. The number of hydrogen-bond donors (Lipinski definition) is 0. The quantitative estimate of drug-likeness (QED) is 0.638. The summed E-state index contributed by atoms with van der Waals surface area (Å²) in [5.74, 6) is 0. The van der Waals surface area contributed by atoms with Crippen LogP contribution in [0.3, 0.4) is 0 Å². The Hall–Kier alpha value is -1.34. The normalized spacial score (nSPS) is 11.2. The molecule has 0 saturated carbocycles. The molecule has 0 fully saturated rings. The van der Waals surface area contributed by atoms with Gasteiger partial charge < -0.3 is 0 Å². The van der Waals surface area contributed by atoms with Crippen molar-refractivity contribution in [1.29, 1.82) is 0 Å². The lowest BCUT2D eigenvalue weighted by molar-refractivity contribution is 0.291. The molecule has 1 nitrogen and oxygen atoms in total. The van der Waals surface area contributed by atoms with Gasteiger partial charge in [-0.1, -0.05) is 56.0 Å². The van der Waals surface area contributed by atoms with Crippen LogP contribution in [0.4, 0.5) is 0 Å². The molecule has 0 unspecified atom stereocenters. The third-order valence-electron chi connectivity index (χ3n) is 2.62. The maximum absolute atomic E-state index is 4.08. The van der Waals surface area contributed by atoms with Crippen molar-refractivity contribution in [3.8, 4) is 0 Å². The molecule has 0 atom stereocenters. The van der Waals surface area contributed by atoms with Crippen LogP contribution >= 0.6 is 0 Å². The van der Waals surface area contributed by atoms with E-state index < -0.39 is 0 Å². The summed E-state index contributed by atoms with van der Waals surface area (Å²) in [6.45, 7) is 11.4. The van der Waals surface area contributed by atoms with Crippen LogP contribution in [-0.2, 0) is 6.54 Å². The van der Waals surface area contributed by atoms with Crippen molar-refractivity contribution in [2.24, 2.45) is 0 Å². The van der Waals surface area contributed by atoms with Crippen molar-refractivity contribution in [2.45, 2.75) is 26.8 Å². The predicted octanol–water partition coefficient (Wildman–Crippen LogP) is 4.03. The molecule has 0 aromatic heterocycles. The van der Waals surface area contributed by atoms with Crippen LogP contribution in [0.15, 0.2) is 54.6 Å². The molecule has 92 valence electrons. The zero-order valence-electron chi connectivity index (χ0n) is 11.0. The number of benzene rings is 1. The number of hydrogen-bond acceptors (Lipinski definition) is 1. The Labute approximate surface area is 105 Å².